The first-order valence-corrected chi connectivity index (χ1v) is 12.7. The molecule has 2 aliphatic carbocycles. The standard InChI is InChI=1S/C23H28BrNO3S/c1-15(2)22-20-14-25(29(27,28)19-10-8-18(24)9-11-19)13-17(20)12-21(26)23(22)16-6-4-3-5-7-16/h8-11,17,20H,3-7,12-14H2,1-2H3/t17-,20+/m0/s1. The molecule has 0 N–H and O–H groups in total. The highest BCUT2D eigenvalue weighted by molar-refractivity contribution is 9.10. The van der Waals surface area contributed by atoms with Gasteiger partial charge in [0.05, 0.1) is 4.90 Å². The Kier molecular flexibility index (Phi) is 5.88. The summed E-state index contributed by atoms with van der Waals surface area (Å²) in [6.45, 7) is 5.03. The molecule has 1 aromatic rings. The van der Waals surface area contributed by atoms with Gasteiger partial charge in [0.1, 0.15) is 0 Å². The lowest BCUT2D eigenvalue weighted by atomic mass is 9.70. The van der Waals surface area contributed by atoms with Gasteiger partial charge in [0.25, 0.3) is 0 Å². The maximum absolute atomic E-state index is 13.2. The Morgan fingerprint density at radius 3 is 2.31 bits per heavy atom. The van der Waals surface area contributed by atoms with Gasteiger partial charge in [-0.05, 0) is 75.3 Å². The van der Waals surface area contributed by atoms with E-state index in [2.05, 4.69) is 29.8 Å². The van der Waals surface area contributed by atoms with Gasteiger partial charge in [-0.15, -0.1) is 0 Å². The smallest absolute Gasteiger partial charge is 0.243 e. The number of Topliss-reactive ketones (excluding diaryl/α,β-unsaturated/α-hetero) is 1. The number of allylic oxidation sites excluding steroid dienone is 3. The normalized spacial score (nSPS) is 26.0. The van der Waals surface area contributed by atoms with Gasteiger partial charge >= 0.3 is 0 Å². The monoisotopic (exact) mass is 477 g/mol. The SMILES string of the molecule is CC(C)=C1C(=C2CCCCC2)C(=O)C[C@H]2CN(S(=O)(=O)c3ccc(Br)cc3)C[C@@H]12. The van der Waals surface area contributed by atoms with Crippen molar-refractivity contribution < 1.29 is 13.2 Å². The van der Waals surface area contributed by atoms with Crippen LogP contribution < -0.4 is 0 Å². The molecule has 0 aromatic heterocycles. The van der Waals surface area contributed by atoms with Gasteiger partial charge in [-0.25, -0.2) is 8.42 Å². The predicted molar refractivity (Wildman–Crippen MR) is 118 cm³/mol. The minimum absolute atomic E-state index is 0.0746. The number of hydrogen-bond acceptors (Lipinski definition) is 3. The molecule has 0 bridgehead atoms. The van der Waals surface area contributed by atoms with Gasteiger partial charge < -0.3 is 0 Å². The Balaban J connectivity index is 1.69. The van der Waals surface area contributed by atoms with E-state index in [0.717, 1.165) is 46.9 Å². The Labute approximate surface area is 182 Å². The average molecular weight is 478 g/mol. The number of carbonyl (C=O) groups excluding carboxylic acids is 1. The Morgan fingerprint density at radius 2 is 1.69 bits per heavy atom. The molecule has 156 valence electrons. The summed E-state index contributed by atoms with van der Waals surface area (Å²) in [7, 11) is -3.56. The fourth-order valence-corrected chi connectivity index (χ4v) is 7.02. The average Bonchev–Trinajstić information content (AvgIpc) is 3.12. The highest BCUT2D eigenvalue weighted by Gasteiger charge is 2.46. The third-order valence-corrected chi connectivity index (χ3v) is 8.95. The van der Waals surface area contributed by atoms with E-state index in [9.17, 15) is 13.2 Å². The van der Waals surface area contributed by atoms with Crippen LogP contribution in [0.15, 0.2) is 55.9 Å². The lowest BCUT2D eigenvalue weighted by Gasteiger charge is -2.33. The summed E-state index contributed by atoms with van der Waals surface area (Å²) < 4.78 is 28.9. The van der Waals surface area contributed by atoms with Gasteiger partial charge in [0.15, 0.2) is 5.78 Å². The van der Waals surface area contributed by atoms with Crippen LogP contribution >= 0.6 is 15.9 Å². The lowest BCUT2D eigenvalue weighted by molar-refractivity contribution is -0.117. The minimum Gasteiger partial charge on any atom is -0.294 e. The van der Waals surface area contributed by atoms with Gasteiger partial charge in [-0.1, -0.05) is 33.5 Å². The molecule has 0 radical (unpaired) electrons. The van der Waals surface area contributed by atoms with Crippen LogP contribution in [0.4, 0.5) is 0 Å². The number of hydrogen-bond donors (Lipinski definition) is 0. The van der Waals surface area contributed by atoms with Crippen LogP contribution in [0.2, 0.25) is 0 Å². The molecule has 6 heteroatoms. The molecule has 4 nitrogen and oxygen atoms in total. The highest BCUT2D eigenvalue weighted by Crippen LogP contribution is 2.46. The van der Waals surface area contributed by atoms with E-state index in [0.29, 0.717) is 24.4 Å². The van der Waals surface area contributed by atoms with E-state index < -0.39 is 10.0 Å². The van der Waals surface area contributed by atoms with E-state index in [4.69, 9.17) is 0 Å². The van der Waals surface area contributed by atoms with E-state index in [-0.39, 0.29) is 17.6 Å². The lowest BCUT2D eigenvalue weighted by Crippen LogP contribution is -2.30. The molecule has 0 spiro atoms. The zero-order chi connectivity index (χ0) is 20.8. The van der Waals surface area contributed by atoms with Gasteiger partial charge in [0.2, 0.25) is 10.0 Å². The molecule has 1 aliphatic heterocycles. The van der Waals surface area contributed by atoms with Crippen molar-refractivity contribution in [2.24, 2.45) is 11.8 Å². The van der Waals surface area contributed by atoms with Crippen molar-refractivity contribution in [1.82, 2.24) is 4.31 Å². The van der Waals surface area contributed by atoms with Crippen LogP contribution in [-0.4, -0.2) is 31.6 Å². The summed E-state index contributed by atoms with van der Waals surface area (Å²) in [5.41, 5.74) is 4.56. The first-order chi connectivity index (χ1) is 13.8. The molecule has 0 unspecified atom stereocenters. The van der Waals surface area contributed by atoms with Crippen molar-refractivity contribution in [1.29, 1.82) is 0 Å². The van der Waals surface area contributed by atoms with Crippen molar-refractivity contribution in [2.75, 3.05) is 13.1 Å². The molecule has 0 amide bonds. The fraction of sp³-hybridized carbons (Fsp3) is 0.522. The molecule has 1 aromatic carbocycles. The molecule has 1 heterocycles. The summed E-state index contributed by atoms with van der Waals surface area (Å²) in [5, 5.41) is 0. The second-order valence-electron chi connectivity index (χ2n) is 8.72. The quantitative estimate of drug-likeness (QED) is 0.546. The summed E-state index contributed by atoms with van der Waals surface area (Å²) in [6.07, 6.45) is 6.03. The van der Waals surface area contributed by atoms with E-state index in [1.807, 2.05) is 0 Å². The first-order valence-electron chi connectivity index (χ1n) is 10.5. The second-order valence-corrected chi connectivity index (χ2v) is 11.6. The van der Waals surface area contributed by atoms with Gasteiger partial charge in [0, 0.05) is 35.5 Å². The molecule has 29 heavy (non-hydrogen) atoms. The molecule has 2 atom stereocenters. The van der Waals surface area contributed by atoms with Gasteiger partial charge in [-0.2, -0.15) is 4.31 Å². The van der Waals surface area contributed by atoms with Crippen LogP contribution in [-0.2, 0) is 14.8 Å². The van der Waals surface area contributed by atoms with Crippen LogP contribution in [0.5, 0.6) is 0 Å². The van der Waals surface area contributed by atoms with E-state index >= 15 is 0 Å². The maximum Gasteiger partial charge on any atom is 0.243 e. The topological polar surface area (TPSA) is 54.5 Å². The third kappa shape index (κ3) is 3.91. The number of nitrogens with zero attached hydrogens (tertiary/aromatic N) is 1. The van der Waals surface area contributed by atoms with Gasteiger partial charge in [-0.3, -0.25) is 4.79 Å². The number of ketones is 1. The maximum atomic E-state index is 13.2. The van der Waals surface area contributed by atoms with Crippen molar-refractivity contribution in [3.63, 3.8) is 0 Å². The molecule has 1 saturated heterocycles. The number of halogens is 1. The molecule has 3 fully saturated rings. The summed E-state index contributed by atoms with van der Waals surface area (Å²) >= 11 is 3.36. The van der Waals surface area contributed by atoms with Crippen LogP contribution in [0.3, 0.4) is 0 Å². The zero-order valence-corrected chi connectivity index (χ0v) is 19.5. The fourth-order valence-electron chi connectivity index (χ4n) is 5.23. The molecule has 3 aliphatic rings. The van der Waals surface area contributed by atoms with Crippen LogP contribution in [0.1, 0.15) is 52.4 Å². The Morgan fingerprint density at radius 1 is 1.03 bits per heavy atom. The van der Waals surface area contributed by atoms with Crippen molar-refractivity contribution in [2.45, 2.75) is 57.3 Å². The third-order valence-electron chi connectivity index (χ3n) is 6.57. The first kappa shape index (κ1) is 21.0. The number of rotatable bonds is 2. The molecule has 2 saturated carbocycles. The molecular weight excluding hydrogens is 450 g/mol. The van der Waals surface area contributed by atoms with Crippen molar-refractivity contribution in [3.05, 3.63) is 51.0 Å². The minimum atomic E-state index is -3.56. The number of fused-ring (bicyclic) bond motifs is 1. The largest absolute Gasteiger partial charge is 0.294 e. The van der Waals surface area contributed by atoms with E-state index in [1.165, 1.54) is 12.0 Å². The Bertz CT molecular complexity index is 979. The van der Waals surface area contributed by atoms with Crippen molar-refractivity contribution >= 4 is 31.7 Å². The summed E-state index contributed by atoms with van der Waals surface area (Å²) in [6, 6.07) is 6.80. The second kappa shape index (κ2) is 8.12. The van der Waals surface area contributed by atoms with Crippen LogP contribution in [0, 0.1) is 11.8 Å². The van der Waals surface area contributed by atoms with Crippen molar-refractivity contribution in [3.8, 4) is 0 Å². The summed E-state index contributed by atoms with van der Waals surface area (Å²) in [5.74, 6) is 0.417. The molecule has 4 rings (SSSR count). The summed E-state index contributed by atoms with van der Waals surface area (Å²) in [4.78, 5) is 13.5. The number of benzene rings is 1. The number of carbonyl (C=O) groups is 1. The van der Waals surface area contributed by atoms with Crippen LogP contribution in [0.25, 0.3) is 0 Å². The van der Waals surface area contributed by atoms with E-state index in [1.54, 1.807) is 28.6 Å². The Hall–Kier alpha value is -1.24. The predicted octanol–water partition coefficient (Wildman–Crippen LogP) is 5.26. The number of sulfonamides is 1. The molecular formula is C23H28BrNO3S. The zero-order valence-electron chi connectivity index (χ0n) is 17.1. The highest BCUT2D eigenvalue weighted by atomic mass is 79.9.